The van der Waals surface area contributed by atoms with Crippen LogP contribution in [0.5, 0.6) is 0 Å². The SMILES string of the molecule is CC(C)(C)OC(=O)N1CC[C@@H](n2cc(N)cn2)[C@@H](F)C1. The van der Waals surface area contributed by atoms with E-state index in [2.05, 4.69) is 5.10 Å². The number of aromatic nitrogens is 2. The van der Waals surface area contributed by atoms with Gasteiger partial charge in [0.25, 0.3) is 0 Å². The largest absolute Gasteiger partial charge is 0.444 e. The molecule has 1 fully saturated rings. The van der Waals surface area contributed by atoms with Crippen LogP contribution in [0.25, 0.3) is 0 Å². The Morgan fingerprint density at radius 1 is 1.55 bits per heavy atom. The van der Waals surface area contributed by atoms with Crippen molar-refractivity contribution in [1.82, 2.24) is 14.7 Å². The number of rotatable bonds is 1. The van der Waals surface area contributed by atoms with Gasteiger partial charge in [-0.3, -0.25) is 4.68 Å². The first-order valence-electron chi connectivity index (χ1n) is 6.68. The molecule has 112 valence electrons. The highest BCUT2D eigenvalue weighted by Crippen LogP contribution is 2.26. The van der Waals surface area contributed by atoms with E-state index in [0.717, 1.165) is 0 Å². The second-order valence-corrected chi connectivity index (χ2v) is 6.05. The highest BCUT2D eigenvalue weighted by Gasteiger charge is 2.34. The quantitative estimate of drug-likeness (QED) is 0.856. The molecule has 0 spiro atoms. The standard InChI is InChI=1S/C13H21FN4O2/c1-13(2,3)20-12(19)17-5-4-11(10(14)8-17)18-7-9(15)6-16-18/h6-7,10-11H,4-5,8,15H2,1-3H3/t10-,11+/m0/s1. The molecule has 1 aromatic rings. The van der Waals surface area contributed by atoms with Crippen molar-refractivity contribution < 1.29 is 13.9 Å². The minimum atomic E-state index is -1.18. The van der Waals surface area contributed by atoms with Gasteiger partial charge in [0.1, 0.15) is 11.8 Å². The summed E-state index contributed by atoms with van der Waals surface area (Å²) < 4.78 is 21.0. The molecule has 0 bridgehead atoms. The maximum absolute atomic E-state index is 14.2. The number of alkyl halides is 1. The van der Waals surface area contributed by atoms with Crippen LogP contribution in [0.15, 0.2) is 12.4 Å². The first-order chi connectivity index (χ1) is 9.26. The van der Waals surface area contributed by atoms with Crippen LogP contribution >= 0.6 is 0 Å². The van der Waals surface area contributed by atoms with Gasteiger partial charge in [-0.2, -0.15) is 5.10 Å². The van der Waals surface area contributed by atoms with E-state index in [9.17, 15) is 9.18 Å². The van der Waals surface area contributed by atoms with E-state index in [0.29, 0.717) is 18.7 Å². The number of amides is 1. The number of ether oxygens (including phenoxy) is 1. The Morgan fingerprint density at radius 2 is 2.25 bits per heavy atom. The number of nitrogens with two attached hydrogens (primary N) is 1. The Kier molecular flexibility index (Phi) is 3.87. The summed E-state index contributed by atoms with van der Waals surface area (Å²) in [7, 11) is 0. The fourth-order valence-corrected chi connectivity index (χ4v) is 2.22. The first kappa shape index (κ1) is 14.6. The minimum absolute atomic E-state index is 0.0132. The normalized spacial score (nSPS) is 23.7. The van der Waals surface area contributed by atoms with E-state index < -0.39 is 17.9 Å². The van der Waals surface area contributed by atoms with E-state index in [4.69, 9.17) is 10.5 Å². The van der Waals surface area contributed by atoms with E-state index in [1.807, 2.05) is 0 Å². The maximum Gasteiger partial charge on any atom is 0.410 e. The van der Waals surface area contributed by atoms with Crippen molar-refractivity contribution in [1.29, 1.82) is 0 Å². The molecule has 2 heterocycles. The van der Waals surface area contributed by atoms with Crippen LogP contribution in [0.1, 0.15) is 33.2 Å². The third-order valence-corrected chi connectivity index (χ3v) is 3.12. The Labute approximate surface area is 117 Å². The number of anilines is 1. The third kappa shape index (κ3) is 3.40. The fraction of sp³-hybridized carbons (Fsp3) is 0.692. The smallest absolute Gasteiger partial charge is 0.410 e. The van der Waals surface area contributed by atoms with E-state index in [1.54, 1.807) is 27.0 Å². The third-order valence-electron chi connectivity index (χ3n) is 3.12. The number of piperidine rings is 1. The number of nitrogens with zero attached hydrogens (tertiary/aromatic N) is 3. The molecule has 2 rings (SSSR count). The van der Waals surface area contributed by atoms with E-state index in [1.165, 1.54) is 15.8 Å². The van der Waals surface area contributed by atoms with Crippen molar-refractivity contribution in [2.45, 2.75) is 45.0 Å². The highest BCUT2D eigenvalue weighted by atomic mass is 19.1. The highest BCUT2D eigenvalue weighted by molar-refractivity contribution is 5.68. The van der Waals surface area contributed by atoms with Gasteiger partial charge in [0.15, 0.2) is 0 Å². The van der Waals surface area contributed by atoms with Crippen molar-refractivity contribution in [3.8, 4) is 0 Å². The van der Waals surface area contributed by atoms with Crippen molar-refractivity contribution in [3.63, 3.8) is 0 Å². The van der Waals surface area contributed by atoms with Gasteiger partial charge in [-0.05, 0) is 27.2 Å². The second kappa shape index (κ2) is 5.30. The molecule has 2 atom stereocenters. The zero-order valence-corrected chi connectivity index (χ0v) is 12.0. The van der Waals surface area contributed by atoms with Crippen LogP contribution in [0.2, 0.25) is 0 Å². The summed E-state index contributed by atoms with van der Waals surface area (Å²) in [4.78, 5) is 13.3. The lowest BCUT2D eigenvalue weighted by molar-refractivity contribution is 0.00576. The average Bonchev–Trinajstić information content (AvgIpc) is 2.73. The van der Waals surface area contributed by atoms with Crippen LogP contribution in [0, 0.1) is 0 Å². The van der Waals surface area contributed by atoms with Gasteiger partial charge in [0, 0.05) is 12.7 Å². The van der Waals surface area contributed by atoms with Gasteiger partial charge in [-0.1, -0.05) is 0 Å². The number of nitrogen functional groups attached to an aromatic ring is 1. The van der Waals surface area contributed by atoms with Gasteiger partial charge in [-0.25, -0.2) is 9.18 Å². The maximum atomic E-state index is 14.2. The average molecular weight is 284 g/mol. The Bertz CT molecular complexity index is 483. The molecule has 6 nitrogen and oxygen atoms in total. The van der Waals surface area contributed by atoms with E-state index in [-0.39, 0.29) is 12.6 Å². The Hall–Kier alpha value is -1.79. The number of hydrogen-bond donors (Lipinski definition) is 1. The molecule has 20 heavy (non-hydrogen) atoms. The van der Waals surface area contributed by atoms with Gasteiger partial charge in [-0.15, -0.1) is 0 Å². The fourth-order valence-electron chi connectivity index (χ4n) is 2.22. The topological polar surface area (TPSA) is 73.4 Å². The molecule has 0 radical (unpaired) electrons. The van der Waals surface area contributed by atoms with Crippen LogP contribution in [-0.4, -0.2) is 45.6 Å². The summed E-state index contributed by atoms with van der Waals surface area (Å²) in [6, 6.07) is -0.383. The number of halogens is 1. The van der Waals surface area contributed by atoms with Crippen LogP contribution in [-0.2, 0) is 4.74 Å². The Balaban J connectivity index is 1.97. The summed E-state index contributed by atoms with van der Waals surface area (Å²) in [6.45, 7) is 5.82. The summed E-state index contributed by atoms with van der Waals surface area (Å²) in [5.74, 6) is 0. The molecule has 0 aromatic carbocycles. The minimum Gasteiger partial charge on any atom is -0.444 e. The Morgan fingerprint density at radius 3 is 2.75 bits per heavy atom. The molecule has 1 aliphatic rings. The molecule has 1 amide bonds. The molecule has 1 aliphatic heterocycles. The van der Waals surface area contributed by atoms with Crippen molar-refractivity contribution in [3.05, 3.63) is 12.4 Å². The van der Waals surface area contributed by atoms with Crippen LogP contribution in [0.3, 0.4) is 0 Å². The molecule has 2 N–H and O–H groups in total. The van der Waals surface area contributed by atoms with Crippen molar-refractivity contribution in [2.75, 3.05) is 18.8 Å². The molecule has 1 saturated heterocycles. The zero-order valence-electron chi connectivity index (χ0n) is 12.0. The van der Waals surface area contributed by atoms with Crippen LogP contribution < -0.4 is 5.73 Å². The van der Waals surface area contributed by atoms with Crippen LogP contribution in [0.4, 0.5) is 14.9 Å². The number of likely N-dealkylation sites (tertiary alicyclic amines) is 1. The lowest BCUT2D eigenvalue weighted by Gasteiger charge is -2.35. The monoisotopic (exact) mass is 284 g/mol. The lowest BCUT2D eigenvalue weighted by Crippen LogP contribution is -2.47. The van der Waals surface area contributed by atoms with Crippen molar-refractivity contribution >= 4 is 11.8 Å². The molecular formula is C13H21FN4O2. The predicted molar refractivity (Wildman–Crippen MR) is 73.0 cm³/mol. The van der Waals surface area contributed by atoms with Gasteiger partial charge in [0.2, 0.25) is 0 Å². The van der Waals surface area contributed by atoms with Gasteiger partial charge >= 0.3 is 6.09 Å². The molecule has 0 saturated carbocycles. The summed E-state index contributed by atoms with van der Waals surface area (Å²) in [5, 5.41) is 4.04. The van der Waals surface area contributed by atoms with Crippen molar-refractivity contribution in [2.24, 2.45) is 0 Å². The molecule has 1 aromatic heterocycles. The number of carbonyl (C=O) groups is 1. The first-order valence-corrected chi connectivity index (χ1v) is 6.68. The summed E-state index contributed by atoms with van der Waals surface area (Å²) in [6.07, 6.45) is 1.93. The summed E-state index contributed by atoms with van der Waals surface area (Å²) in [5.41, 5.74) is 5.52. The number of hydrogen-bond acceptors (Lipinski definition) is 4. The zero-order chi connectivity index (χ0) is 14.9. The molecule has 0 unspecified atom stereocenters. The second-order valence-electron chi connectivity index (χ2n) is 6.05. The molecular weight excluding hydrogens is 263 g/mol. The summed E-state index contributed by atoms with van der Waals surface area (Å²) >= 11 is 0. The van der Waals surface area contributed by atoms with E-state index >= 15 is 0 Å². The van der Waals surface area contributed by atoms with Gasteiger partial charge < -0.3 is 15.4 Å². The lowest BCUT2D eigenvalue weighted by atomic mass is 10.0. The predicted octanol–water partition coefficient (Wildman–Crippen LogP) is 1.99. The number of carbonyl (C=O) groups excluding carboxylic acids is 1. The van der Waals surface area contributed by atoms with Gasteiger partial charge in [0.05, 0.1) is 24.5 Å². The molecule has 7 heteroatoms. The molecule has 0 aliphatic carbocycles.